The third kappa shape index (κ3) is 15.5. The van der Waals surface area contributed by atoms with Crippen LogP contribution in [0, 0.1) is 27.7 Å². The molecule has 3 aliphatic rings. The molecule has 12 aromatic carbocycles. The molecule has 3 aliphatic carbocycles. The van der Waals surface area contributed by atoms with Crippen LogP contribution in [0.25, 0.3) is 0 Å². The highest BCUT2D eigenvalue weighted by Crippen LogP contribution is 2.46. The van der Waals surface area contributed by atoms with Gasteiger partial charge < -0.3 is 36.8 Å². The molecule has 0 unspecified atom stereocenters. The molecule has 15 rings (SSSR count). The van der Waals surface area contributed by atoms with E-state index in [1.807, 2.05) is 128 Å². The van der Waals surface area contributed by atoms with Gasteiger partial charge in [-0.05, 0) is 194 Å². The van der Waals surface area contributed by atoms with Crippen LogP contribution >= 0.6 is 0 Å². The minimum absolute atomic E-state index is 0.0122. The van der Waals surface area contributed by atoms with Gasteiger partial charge in [-0.1, -0.05) is 231 Å². The molecular weight excluding hydrogens is 1390 g/mol. The van der Waals surface area contributed by atoms with Crippen molar-refractivity contribution >= 4 is 91.6 Å². The summed E-state index contributed by atoms with van der Waals surface area (Å²) >= 11 is 0. The molecule has 0 bridgehead atoms. The second kappa shape index (κ2) is 31.7. The number of ketones is 6. The second-order valence-corrected chi connectivity index (χ2v) is 31.4. The van der Waals surface area contributed by atoms with Crippen molar-refractivity contribution in [2.24, 2.45) is 0 Å². The fourth-order valence-corrected chi connectivity index (χ4v) is 15.3. The molecule has 0 saturated carbocycles. The van der Waals surface area contributed by atoms with Gasteiger partial charge in [0.1, 0.15) is 11.5 Å². The quantitative estimate of drug-likeness (QED) is 0.0451. The number of benzene rings is 12. The lowest BCUT2D eigenvalue weighted by atomic mass is 9.80. The van der Waals surface area contributed by atoms with Gasteiger partial charge in [0.25, 0.3) is 0 Å². The Bertz CT molecular complexity index is 5360. The van der Waals surface area contributed by atoms with Gasteiger partial charge in [-0.25, -0.2) is 0 Å². The van der Waals surface area contributed by atoms with Gasteiger partial charge in [0.2, 0.25) is 11.6 Å². The Kier molecular flexibility index (Phi) is 21.9. The number of hydrogen-bond donors (Lipinski definition) is 7. The standard InChI is InChI=1S/C36H38N2O2.C34H34N2O4.C29H23NO2/c1-7-23-17-21(5)18-24(8-2)33(23)37-29-15-16-30(38-34-25(9-3)19-22(6)20-26(34)10-4)32-31(29)35(39)27-13-11-12-14-28(27)36(32)40;1-33(2,3)19-7-11-21(12-8-19)35-23-15-16-24(36-22-13-9-20(10-14-22)34(4,5)6)28-27(23)31(39)29-25(37)17-18-26(38)30(29)32(28)40;1-18-9-13-20(14-10-18)17-21-5-3-6-23-26(21)29(32)27-24(28(23)31)7-4-8-25(27)30-22-15-11-19(2)12-16-22/h11-20,37-38H,7-10H2,1-6H3;7-18,35-38H,1-6H3;3-16,30H,17H2,1-2H3. The van der Waals surface area contributed by atoms with Gasteiger partial charge in [-0.3, -0.25) is 28.8 Å². The highest BCUT2D eigenvalue weighted by atomic mass is 16.3. The number of anilines is 10. The number of aromatic hydroxyl groups is 2. The molecule has 112 heavy (non-hydrogen) atoms. The van der Waals surface area contributed by atoms with Crippen molar-refractivity contribution in [1.82, 2.24) is 0 Å². The fourth-order valence-electron chi connectivity index (χ4n) is 15.3. The van der Waals surface area contributed by atoms with Crippen LogP contribution in [-0.2, 0) is 42.9 Å². The SMILES string of the molecule is CC(C)(C)c1ccc(Nc2ccc(Nc3ccc(C(C)(C)C)cc3)c3c2C(=O)c2c(O)ccc(O)c2C3=O)cc1.CCc1cc(C)cc(CC)c1Nc1ccc(Nc2c(CC)cc(C)cc2CC)c2c1C(=O)c1ccccc1C2=O.Cc1ccc(Cc2cccc3c2C(=O)c2c(Nc4ccc(C)cc4)cccc2C3=O)cc1. The average molecular weight is 1480 g/mol. The number of nitrogens with one attached hydrogen (secondary N) is 5. The molecule has 7 N–H and O–H groups in total. The lowest BCUT2D eigenvalue weighted by Crippen LogP contribution is -2.24. The zero-order valence-corrected chi connectivity index (χ0v) is 66.2. The Morgan fingerprint density at radius 3 is 0.982 bits per heavy atom. The zero-order chi connectivity index (χ0) is 79.8. The second-order valence-electron chi connectivity index (χ2n) is 31.4. The van der Waals surface area contributed by atoms with Crippen molar-refractivity contribution in [2.75, 3.05) is 26.6 Å². The Balaban J connectivity index is 0.000000148. The van der Waals surface area contributed by atoms with E-state index in [0.29, 0.717) is 79.4 Å². The summed E-state index contributed by atoms with van der Waals surface area (Å²) in [5.74, 6) is -2.26. The predicted molar refractivity (Wildman–Crippen MR) is 454 cm³/mol. The first kappa shape index (κ1) is 77.4. The van der Waals surface area contributed by atoms with Crippen molar-refractivity contribution in [3.05, 3.63) is 352 Å². The zero-order valence-electron chi connectivity index (χ0n) is 66.2. The van der Waals surface area contributed by atoms with Crippen molar-refractivity contribution in [3.63, 3.8) is 0 Å². The van der Waals surface area contributed by atoms with E-state index in [4.69, 9.17) is 0 Å². The molecule has 0 radical (unpaired) electrons. The number of phenols is 2. The number of rotatable bonds is 16. The number of hydrogen-bond acceptors (Lipinski definition) is 13. The number of phenolic OH excluding ortho intramolecular Hbond substituents is 2. The number of aryl methyl sites for hydroxylation is 8. The van der Waals surface area contributed by atoms with Crippen LogP contribution in [0.1, 0.15) is 232 Å². The first-order chi connectivity index (χ1) is 53.6. The molecule has 0 atom stereocenters. The van der Waals surface area contributed by atoms with Crippen LogP contribution in [-0.4, -0.2) is 44.9 Å². The highest BCUT2D eigenvalue weighted by Gasteiger charge is 2.40. The topological polar surface area (TPSA) is 203 Å². The van der Waals surface area contributed by atoms with Gasteiger partial charge in [0.05, 0.1) is 67.4 Å². The first-order valence-electron chi connectivity index (χ1n) is 38.5. The summed E-state index contributed by atoms with van der Waals surface area (Å²) in [6.45, 7) is 29.7. The van der Waals surface area contributed by atoms with Crippen molar-refractivity contribution in [2.45, 2.75) is 140 Å². The lowest BCUT2D eigenvalue weighted by molar-refractivity contribution is 0.0975. The largest absolute Gasteiger partial charge is 0.507 e. The van der Waals surface area contributed by atoms with E-state index in [1.54, 1.807) is 36.4 Å². The third-order valence-electron chi connectivity index (χ3n) is 21.3. The van der Waals surface area contributed by atoms with Gasteiger partial charge >= 0.3 is 0 Å². The first-order valence-corrected chi connectivity index (χ1v) is 38.5. The van der Waals surface area contributed by atoms with Crippen molar-refractivity contribution in [3.8, 4) is 11.5 Å². The molecule has 0 saturated heterocycles. The van der Waals surface area contributed by atoms with E-state index in [0.717, 1.165) is 81.9 Å². The molecule has 564 valence electrons. The molecule has 0 heterocycles. The number of carbonyl (C=O) groups is 6. The summed E-state index contributed by atoms with van der Waals surface area (Å²) in [5, 5.41) is 38.3. The highest BCUT2D eigenvalue weighted by molar-refractivity contribution is 6.35. The van der Waals surface area contributed by atoms with Crippen LogP contribution in [0.5, 0.6) is 11.5 Å². The Hall–Kier alpha value is -12.7. The minimum atomic E-state index is -0.543. The maximum Gasteiger partial charge on any atom is 0.200 e. The fraction of sp³-hybridized carbons (Fsp3) is 0.212. The van der Waals surface area contributed by atoms with Gasteiger partial charge in [0, 0.05) is 56.3 Å². The molecule has 0 aliphatic heterocycles. The molecule has 0 fully saturated rings. The molecule has 0 aromatic heterocycles. The van der Waals surface area contributed by atoms with Crippen LogP contribution in [0.3, 0.4) is 0 Å². The third-order valence-corrected chi connectivity index (χ3v) is 21.3. The van der Waals surface area contributed by atoms with E-state index in [9.17, 15) is 39.0 Å². The molecule has 12 aromatic rings. The average Bonchev–Trinajstić information content (AvgIpc) is 0.720. The minimum Gasteiger partial charge on any atom is -0.507 e. The van der Waals surface area contributed by atoms with Crippen LogP contribution in [0.2, 0.25) is 0 Å². The monoisotopic (exact) mass is 1480 g/mol. The summed E-state index contributed by atoms with van der Waals surface area (Å²) in [6, 6.07) is 68.9. The molecule has 0 amide bonds. The summed E-state index contributed by atoms with van der Waals surface area (Å²) < 4.78 is 0. The molecule has 0 spiro atoms. The predicted octanol–water partition coefficient (Wildman–Crippen LogP) is 23.2. The van der Waals surface area contributed by atoms with Crippen molar-refractivity contribution < 1.29 is 39.0 Å². The summed E-state index contributed by atoms with van der Waals surface area (Å²) in [7, 11) is 0. The Morgan fingerprint density at radius 2 is 0.598 bits per heavy atom. The van der Waals surface area contributed by atoms with E-state index in [-0.39, 0.29) is 67.7 Å². The molecule has 13 nitrogen and oxygen atoms in total. The van der Waals surface area contributed by atoms with Gasteiger partial charge in [-0.2, -0.15) is 0 Å². The maximum absolute atomic E-state index is 14.1. The number of fused-ring (bicyclic) bond motifs is 6. The molecular formula is C99H95N5O8. The van der Waals surface area contributed by atoms with E-state index in [1.165, 1.54) is 51.1 Å². The summed E-state index contributed by atoms with van der Waals surface area (Å²) in [4.78, 5) is 83.2. The van der Waals surface area contributed by atoms with Gasteiger partial charge in [0.15, 0.2) is 23.1 Å². The van der Waals surface area contributed by atoms with Crippen molar-refractivity contribution in [1.29, 1.82) is 0 Å². The van der Waals surface area contributed by atoms with E-state index in [2.05, 4.69) is 165 Å². The van der Waals surface area contributed by atoms with Crippen LogP contribution < -0.4 is 26.6 Å². The van der Waals surface area contributed by atoms with Crippen LogP contribution in [0.4, 0.5) is 56.9 Å². The number of carbonyl (C=O) groups excluding carboxylic acids is 6. The molecule has 13 heteroatoms. The maximum atomic E-state index is 14.1. The Labute approximate surface area is 656 Å². The van der Waals surface area contributed by atoms with E-state index < -0.39 is 11.6 Å². The summed E-state index contributed by atoms with van der Waals surface area (Å²) in [6.07, 6.45) is 4.05. The van der Waals surface area contributed by atoms with E-state index >= 15 is 0 Å². The van der Waals surface area contributed by atoms with Gasteiger partial charge in [-0.15, -0.1) is 0 Å². The lowest BCUT2D eigenvalue weighted by Gasteiger charge is -2.26. The van der Waals surface area contributed by atoms with Crippen LogP contribution in [0.15, 0.2) is 218 Å². The smallest absolute Gasteiger partial charge is 0.200 e. The normalized spacial score (nSPS) is 12.6. The summed E-state index contributed by atoms with van der Waals surface area (Å²) in [5.41, 5.74) is 24.7. The Morgan fingerprint density at radius 1 is 0.277 bits per heavy atom.